The summed E-state index contributed by atoms with van der Waals surface area (Å²) >= 11 is 1.93. The Bertz CT molecular complexity index is 3340. The molecule has 4 heteroatoms. The van der Waals surface area contributed by atoms with Crippen molar-refractivity contribution in [3.05, 3.63) is 136 Å². The van der Waals surface area contributed by atoms with Crippen LogP contribution in [0.1, 0.15) is 180 Å². The largest absolute Gasteiger partial charge is 0.311 e. The summed E-state index contributed by atoms with van der Waals surface area (Å²) in [6, 6.07) is 37.6. The van der Waals surface area contributed by atoms with Gasteiger partial charge in [0.15, 0.2) is 0 Å². The molecule has 3 aliphatic carbocycles. The first-order valence-electron chi connectivity index (χ1n) is 25.9. The summed E-state index contributed by atoms with van der Waals surface area (Å²) in [5, 5.41) is 2.69. The molecule has 0 N–H and O–H groups in total. The number of benzene rings is 6. The number of hydrogen-bond donors (Lipinski definition) is 0. The van der Waals surface area contributed by atoms with Crippen molar-refractivity contribution >= 4 is 88.7 Å². The number of hydrogen-bond acceptors (Lipinski definition) is 3. The van der Waals surface area contributed by atoms with Crippen molar-refractivity contribution < 1.29 is 0 Å². The van der Waals surface area contributed by atoms with Gasteiger partial charge in [-0.15, -0.1) is 11.3 Å². The van der Waals surface area contributed by atoms with Crippen molar-refractivity contribution in [1.29, 1.82) is 0 Å². The van der Waals surface area contributed by atoms with Crippen LogP contribution >= 0.6 is 11.3 Å². The molecule has 348 valence electrons. The quantitative estimate of drug-likeness (QED) is 0.159. The molecule has 0 amide bonds. The number of anilines is 6. The zero-order valence-corrected chi connectivity index (χ0v) is 44.9. The van der Waals surface area contributed by atoms with Crippen LogP contribution in [-0.2, 0) is 37.9 Å². The first-order valence-corrected chi connectivity index (χ1v) is 26.7. The molecular weight excluding hydrogens is 840 g/mol. The lowest BCUT2D eigenvalue weighted by Crippen LogP contribution is -2.62. The zero-order valence-electron chi connectivity index (χ0n) is 44.1. The van der Waals surface area contributed by atoms with Crippen molar-refractivity contribution in [3.8, 4) is 0 Å². The fourth-order valence-electron chi connectivity index (χ4n) is 14.3. The maximum absolute atomic E-state index is 2.78. The predicted octanol–water partition coefficient (Wildman–Crippen LogP) is 16.4. The van der Waals surface area contributed by atoms with Gasteiger partial charge in [0.1, 0.15) is 0 Å². The molecule has 0 bridgehead atoms. The highest BCUT2D eigenvalue weighted by Gasteiger charge is 2.50. The average Bonchev–Trinajstić information content (AvgIpc) is 3.71. The normalized spacial score (nSPS) is 20.7. The van der Waals surface area contributed by atoms with Crippen molar-refractivity contribution in [2.75, 3.05) is 9.80 Å². The molecule has 1 aromatic heterocycles. The Hall–Kier alpha value is -4.80. The molecule has 0 fully saturated rings. The molecule has 7 aromatic rings. The van der Waals surface area contributed by atoms with Crippen molar-refractivity contribution in [2.45, 2.75) is 181 Å². The Morgan fingerprint density at radius 1 is 0.456 bits per heavy atom. The van der Waals surface area contributed by atoms with Gasteiger partial charge in [-0.3, -0.25) is 0 Å². The highest BCUT2D eigenvalue weighted by molar-refractivity contribution is 7.25. The summed E-state index contributed by atoms with van der Waals surface area (Å²) < 4.78 is 2.69. The van der Waals surface area contributed by atoms with E-state index in [-0.39, 0.29) is 44.6 Å². The fourth-order valence-corrected chi connectivity index (χ4v) is 15.4. The standard InChI is InChI=1S/C64H73BN2S/c1-37-27-42-45(61(9,10)25-23-59(42,5)6)33-50(37)67-52-35-47-44(63(13,14)36-64(47,15)16)32-49(52)65-48-31-43-46(62(11,12)26-24-60(43,7)8)34-51(48)66(53-28-38(58(2,3)4)29-54(67)57(53)65)39-21-22-41-40-19-17-18-20-55(40)68-56(41)30-39/h17-22,27-35H,23-26,36H2,1-16H3. The van der Waals surface area contributed by atoms with E-state index in [0.717, 1.165) is 6.42 Å². The predicted molar refractivity (Wildman–Crippen MR) is 298 cm³/mol. The second kappa shape index (κ2) is 13.7. The zero-order chi connectivity index (χ0) is 48.2. The molecule has 0 atom stereocenters. The highest BCUT2D eigenvalue weighted by atomic mass is 32.1. The summed E-state index contributed by atoms with van der Waals surface area (Å²) in [6.07, 6.45) is 5.90. The molecule has 2 nitrogen and oxygen atoms in total. The Balaban J connectivity index is 1.24. The second-order valence-electron chi connectivity index (χ2n) is 27.1. The number of thiophene rings is 1. The summed E-state index contributed by atoms with van der Waals surface area (Å²) in [5.74, 6) is 0. The molecule has 12 rings (SSSR count). The van der Waals surface area contributed by atoms with Gasteiger partial charge in [-0.25, -0.2) is 0 Å². The van der Waals surface area contributed by atoms with E-state index in [1.165, 1.54) is 141 Å². The monoisotopic (exact) mass is 913 g/mol. The third-order valence-corrected chi connectivity index (χ3v) is 19.6. The first-order chi connectivity index (χ1) is 31.7. The Kier molecular flexibility index (Phi) is 8.98. The van der Waals surface area contributed by atoms with Gasteiger partial charge in [-0.05, 0) is 186 Å². The van der Waals surface area contributed by atoms with Crippen LogP contribution in [0.25, 0.3) is 20.2 Å². The van der Waals surface area contributed by atoms with Crippen molar-refractivity contribution in [3.63, 3.8) is 0 Å². The summed E-state index contributed by atoms with van der Waals surface area (Å²) in [7, 11) is 0. The van der Waals surface area contributed by atoms with Gasteiger partial charge in [0.2, 0.25) is 0 Å². The van der Waals surface area contributed by atoms with E-state index in [1.807, 2.05) is 11.3 Å². The van der Waals surface area contributed by atoms with Gasteiger partial charge in [0.05, 0.1) is 0 Å². The molecule has 0 radical (unpaired) electrons. The van der Waals surface area contributed by atoms with E-state index in [9.17, 15) is 0 Å². The molecule has 0 spiro atoms. The topological polar surface area (TPSA) is 6.48 Å². The SMILES string of the molecule is Cc1cc2c(cc1N1c3cc4c(cc3B3c5cc6c(cc5N(c5ccc7c(c5)sc5ccccc57)c5cc(C(C)(C)C)cc1c53)C(C)(C)CCC6(C)C)C(C)(C)CC4(C)C)C(C)(C)CCC2(C)C. The van der Waals surface area contributed by atoms with Crippen molar-refractivity contribution in [1.82, 2.24) is 0 Å². The lowest BCUT2D eigenvalue weighted by atomic mass is 9.32. The molecule has 2 aliphatic heterocycles. The Morgan fingerprint density at radius 2 is 0.912 bits per heavy atom. The number of fused-ring (bicyclic) bond motifs is 10. The number of aryl methyl sites for hydroxylation is 1. The molecule has 68 heavy (non-hydrogen) atoms. The van der Waals surface area contributed by atoms with Crippen LogP contribution in [0.4, 0.5) is 34.1 Å². The minimum absolute atomic E-state index is 0.0519. The lowest BCUT2D eigenvalue weighted by Gasteiger charge is -2.48. The van der Waals surface area contributed by atoms with Gasteiger partial charge < -0.3 is 9.80 Å². The molecule has 5 aliphatic rings. The van der Waals surface area contributed by atoms with Crippen LogP contribution in [0.5, 0.6) is 0 Å². The summed E-state index contributed by atoms with van der Waals surface area (Å²) in [6.45, 7) is 39.6. The Morgan fingerprint density at radius 3 is 1.49 bits per heavy atom. The van der Waals surface area contributed by atoms with Crippen molar-refractivity contribution in [2.24, 2.45) is 0 Å². The summed E-state index contributed by atoms with van der Waals surface area (Å²) in [5.41, 5.74) is 24.5. The second-order valence-corrected chi connectivity index (χ2v) is 28.2. The lowest BCUT2D eigenvalue weighted by molar-refractivity contribution is 0.332. The van der Waals surface area contributed by atoms with E-state index in [0.29, 0.717) is 0 Å². The van der Waals surface area contributed by atoms with Gasteiger partial charge in [-0.2, -0.15) is 0 Å². The molecule has 6 aromatic carbocycles. The molecule has 0 saturated heterocycles. The van der Waals surface area contributed by atoms with Gasteiger partial charge in [0, 0.05) is 54.3 Å². The fraction of sp³-hybridized carbons (Fsp3) is 0.438. The molecule has 0 unspecified atom stereocenters. The molecular formula is C64H73BN2S. The average molecular weight is 913 g/mol. The van der Waals surface area contributed by atoms with E-state index in [1.54, 1.807) is 0 Å². The summed E-state index contributed by atoms with van der Waals surface area (Å²) in [4.78, 5) is 5.50. The van der Waals surface area contributed by atoms with Gasteiger partial charge in [0.25, 0.3) is 6.71 Å². The van der Waals surface area contributed by atoms with Crippen LogP contribution in [0, 0.1) is 6.92 Å². The van der Waals surface area contributed by atoms with Crippen LogP contribution in [0.15, 0.2) is 91.0 Å². The number of rotatable bonds is 2. The molecule has 0 saturated carbocycles. The van der Waals surface area contributed by atoms with Crippen LogP contribution in [-0.4, -0.2) is 6.71 Å². The third-order valence-electron chi connectivity index (χ3n) is 18.4. The van der Waals surface area contributed by atoms with Gasteiger partial charge in [-0.1, -0.05) is 146 Å². The van der Waals surface area contributed by atoms with Gasteiger partial charge >= 0.3 is 0 Å². The minimum atomic E-state index is -0.100. The third kappa shape index (κ3) is 6.20. The maximum atomic E-state index is 2.78. The van der Waals surface area contributed by atoms with Crippen LogP contribution in [0.2, 0.25) is 0 Å². The smallest absolute Gasteiger partial charge is 0.252 e. The van der Waals surface area contributed by atoms with Crippen LogP contribution < -0.4 is 26.2 Å². The van der Waals surface area contributed by atoms with E-state index < -0.39 is 0 Å². The Labute approximate surface area is 412 Å². The van der Waals surface area contributed by atoms with E-state index in [4.69, 9.17) is 0 Å². The van der Waals surface area contributed by atoms with Crippen LogP contribution in [0.3, 0.4) is 0 Å². The van der Waals surface area contributed by atoms with E-state index >= 15 is 0 Å². The van der Waals surface area contributed by atoms with E-state index in [2.05, 4.69) is 212 Å². The first kappa shape index (κ1) is 44.4. The highest BCUT2D eigenvalue weighted by Crippen LogP contribution is 2.56. The molecule has 3 heterocycles. The maximum Gasteiger partial charge on any atom is 0.252 e. The number of nitrogens with zero attached hydrogens (tertiary/aromatic N) is 2. The minimum Gasteiger partial charge on any atom is -0.311 e.